The van der Waals surface area contributed by atoms with Gasteiger partial charge in [-0.15, -0.1) is 6.58 Å². The fraction of sp³-hybridized carbons (Fsp3) is 0.241. The highest BCUT2D eigenvalue weighted by Crippen LogP contribution is 2.40. The first kappa shape index (κ1) is 26.2. The topological polar surface area (TPSA) is 67.4 Å². The molecule has 0 spiro atoms. The second-order valence-corrected chi connectivity index (χ2v) is 9.14. The lowest BCUT2D eigenvalue weighted by Gasteiger charge is -2.35. The number of urea groups is 1. The van der Waals surface area contributed by atoms with Crippen molar-refractivity contribution < 1.29 is 27.5 Å². The predicted octanol–water partition coefficient (Wildman–Crippen LogP) is 7.35. The van der Waals surface area contributed by atoms with Crippen molar-refractivity contribution in [3.8, 4) is 11.1 Å². The molecule has 3 aromatic rings. The van der Waals surface area contributed by atoms with E-state index in [1.54, 1.807) is 25.3 Å². The minimum Gasteiger partial charge on any atom is -0.384 e. The average Bonchev–Trinajstić information content (AvgIpc) is 2.86. The van der Waals surface area contributed by atoms with Gasteiger partial charge in [0.05, 0.1) is 17.6 Å². The number of carbonyl (C=O) groups excluding carboxylic acids is 2. The third-order valence-corrected chi connectivity index (χ3v) is 6.58. The Labute approximate surface area is 213 Å². The molecular weight excluding hydrogens is 481 g/mol. The van der Waals surface area contributed by atoms with Crippen LogP contribution in [-0.4, -0.2) is 25.5 Å². The molecule has 3 aromatic carbocycles. The Morgan fingerprint density at radius 1 is 1.03 bits per heavy atom. The maximum absolute atomic E-state index is 13.3. The number of amides is 2. The van der Waals surface area contributed by atoms with Gasteiger partial charge >= 0.3 is 12.2 Å². The first-order valence-electron chi connectivity index (χ1n) is 11.8. The standard InChI is InChI=1S/C29H27F3N2O3/c1-3-14-28(18-37-2)15-13-21-16-20(9-12-25(21)26(28)35)19-7-10-23(11-8-19)33-27(36)34-24-6-4-5-22(17-24)29(30,31)32/h3-12,16-17H,1,13-15,18H2,2H3,(H2,33,34,36). The van der Waals surface area contributed by atoms with Gasteiger partial charge < -0.3 is 15.4 Å². The monoisotopic (exact) mass is 508 g/mol. The molecule has 0 saturated heterocycles. The lowest BCUT2D eigenvalue weighted by atomic mass is 9.68. The molecule has 1 aliphatic carbocycles. The molecule has 0 fully saturated rings. The van der Waals surface area contributed by atoms with Gasteiger partial charge in [0.2, 0.25) is 0 Å². The average molecular weight is 509 g/mol. The van der Waals surface area contributed by atoms with E-state index in [1.165, 1.54) is 12.1 Å². The van der Waals surface area contributed by atoms with Gasteiger partial charge in [0.25, 0.3) is 0 Å². The van der Waals surface area contributed by atoms with Gasteiger partial charge in [-0.1, -0.05) is 42.5 Å². The van der Waals surface area contributed by atoms with Gasteiger partial charge in [-0.05, 0) is 66.3 Å². The van der Waals surface area contributed by atoms with E-state index in [9.17, 15) is 22.8 Å². The molecule has 8 heteroatoms. The molecule has 0 aliphatic heterocycles. The van der Waals surface area contributed by atoms with Gasteiger partial charge in [-0.3, -0.25) is 4.79 Å². The minimum absolute atomic E-state index is 0.0372. The summed E-state index contributed by atoms with van der Waals surface area (Å²) in [4.78, 5) is 25.6. The molecule has 1 aliphatic rings. The SMILES string of the molecule is C=CCC1(COC)CCc2cc(-c3ccc(NC(=O)Nc4cccc(C(F)(F)F)c4)cc3)ccc2C1=O. The third-order valence-electron chi connectivity index (χ3n) is 6.58. The van der Waals surface area contributed by atoms with Crippen LogP contribution in [0, 0.1) is 5.41 Å². The Morgan fingerprint density at radius 3 is 2.41 bits per heavy atom. The number of ether oxygens (including phenoxy) is 1. The minimum atomic E-state index is -4.49. The summed E-state index contributed by atoms with van der Waals surface area (Å²) in [5, 5.41) is 5.04. The third kappa shape index (κ3) is 5.75. The molecule has 2 amide bonds. The van der Waals surface area contributed by atoms with E-state index in [1.807, 2.05) is 30.3 Å². The number of aryl methyl sites for hydroxylation is 1. The van der Waals surface area contributed by atoms with E-state index in [4.69, 9.17) is 4.74 Å². The van der Waals surface area contributed by atoms with Crippen LogP contribution in [0.5, 0.6) is 0 Å². The van der Waals surface area contributed by atoms with Crippen LogP contribution in [0.4, 0.5) is 29.3 Å². The van der Waals surface area contributed by atoms with Crippen LogP contribution in [0.15, 0.2) is 79.4 Å². The van der Waals surface area contributed by atoms with Crippen molar-refractivity contribution in [1.82, 2.24) is 0 Å². The number of methoxy groups -OCH3 is 1. The number of halogens is 3. The lowest BCUT2D eigenvalue weighted by Crippen LogP contribution is -2.39. The molecule has 192 valence electrons. The number of rotatable bonds is 7. The van der Waals surface area contributed by atoms with Crippen LogP contribution in [0.25, 0.3) is 11.1 Å². The van der Waals surface area contributed by atoms with Crippen molar-refractivity contribution in [2.75, 3.05) is 24.4 Å². The second-order valence-electron chi connectivity index (χ2n) is 9.14. The molecule has 0 heterocycles. The highest BCUT2D eigenvalue weighted by molar-refractivity contribution is 6.03. The van der Waals surface area contributed by atoms with E-state index in [2.05, 4.69) is 17.2 Å². The molecule has 4 rings (SSSR count). The van der Waals surface area contributed by atoms with Crippen molar-refractivity contribution in [2.24, 2.45) is 5.41 Å². The number of hydrogen-bond acceptors (Lipinski definition) is 3. The van der Waals surface area contributed by atoms with Crippen molar-refractivity contribution in [2.45, 2.75) is 25.4 Å². The van der Waals surface area contributed by atoms with Crippen molar-refractivity contribution >= 4 is 23.2 Å². The Morgan fingerprint density at radius 2 is 1.73 bits per heavy atom. The molecule has 0 aromatic heterocycles. The van der Waals surface area contributed by atoms with Crippen molar-refractivity contribution in [3.05, 3.63) is 96.1 Å². The number of Topliss-reactive ketones (excluding diaryl/α,β-unsaturated/α-hetero) is 1. The maximum Gasteiger partial charge on any atom is 0.416 e. The summed E-state index contributed by atoms with van der Waals surface area (Å²) in [6, 6.07) is 16.6. The number of ketones is 1. The second kappa shape index (κ2) is 10.6. The molecule has 0 bridgehead atoms. The maximum atomic E-state index is 13.3. The number of fused-ring (bicyclic) bond motifs is 1. The van der Waals surface area contributed by atoms with Crippen LogP contribution in [0.3, 0.4) is 0 Å². The summed E-state index contributed by atoms with van der Waals surface area (Å²) < 4.78 is 44.0. The zero-order valence-corrected chi connectivity index (χ0v) is 20.3. The summed E-state index contributed by atoms with van der Waals surface area (Å²) in [5.74, 6) is 0.0772. The number of allylic oxidation sites excluding steroid dienone is 1. The highest BCUT2D eigenvalue weighted by atomic mass is 19.4. The normalized spacial score (nSPS) is 17.1. The number of anilines is 2. The van der Waals surface area contributed by atoms with Gasteiger partial charge in [0.15, 0.2) is 5.78 Å². The summed E-state index contributed by atoms with van der Waals surface area (Å²) in [7, 11) is 1.60. The number of nitrogens with one attached hydrogen (secondary N) is 2. The number of benzene rings is 3. The molecular formula is C29H27F3N2O3. The van der Waals surface area contributed by atoms with E-state index < -0.39 is 23.2 Å². The molecule has 5 nitrogen and oxygen atoms in total. The largest absolute Gasteiger partial charge is 0.416 e. The molecule has 2 N–H and O–H groups in total. The Bertz CT molecular complexity index is 1320. The molecule has 0 saturated carbocycles. The van der Waals surface area contributed by atoms with Gasteiger partial charge in [-0.25, -0.2) is 4.79 Å². The number of alkyl halides is 3. The zero-order valence-electron chi connectivity index (χ0n) is 20.3. The number of hydrogen-bond donors (Lipinski definition) is 2. The first-order valence-corrected chi connectivity index (χ1v) is 11.8. The van der Waals surface area contributed by atoms with Gasteiger partial charge in [-0.2, -0.15) is 13.2 Å². The fourth-order valence-corrected chi connectivity index (χ4v) is 4.73. The van der Waals surface area contributed by atoms with Crippen LogP contribution < -0.4 is 10.6 Å². The Hall–Kier alpha value is -3.91. The number of carbonyl (C=O) groups is 2. The molecule has 0 radical (unpaired) electrons. The van der Waals surface area contributed by atoms with Crippen molar-refractivity contribution in [1.29, 1.82) is 0 Å². The van der Waals surface area contributed by atoms with Gasteiger partial charge in [0.1, 0.15) is 0 Å². The van der Waals surface area contributed by atoms with E-state index in [-0.39, 0.29) is 11.5 Å². The molecule has 37 heavy (non-hydrogen) atoms. The van der Waals surface area contributed by atoms with Gasteiger partial charge in [0, 0.05) is 24.0 Å². The fourth-order valence-electron chi connectivity index (χ4n) is 4.73. The van der Waals surface area contributed by atoms with Crippen LogP contribution >= 0.6 is 0 Å². The summed E-state index contributed by atoms with van der Waals surface area (Å²) >= 11 is 0. The van der Waals surface area contributed by atoms with E-state index >= 15 is 0 Å². The van der Waals surface area contributed by atoms with Crippen molar-refractivity contribution in [3.63, 3.8) is 0 Å². The first-order chi connectivity index (χ1) is 17.6. The zero-order chi connectivity index (χ0) is 26.6. The quantitative estimate of drug-likeness (QED) is 0.328. The van der Waals surface area contributed by atoms with E-state index in [0.717, 1.165) is 35.2 Å². The summed E-state index contributed by atoms with van der Waals surface area (Å²) in [6.07, 6.45) is -0.720. The van der Waals surface area contributed by atoms with Crippen LogP contribution in [0.2, 0.25) is 0 Å². The molecule has 1 atom stereocenters. The Kier molecular flexibility index (Phi) is 7.50. The summed E-state index contributed by atoms with van der Waals surface area (Å²) in [6.45, 7) is 4.16. The highest BCUT2D eigenvalue weighted by Gasteiger charge is 2.41. The lowest BCUT2D eigenvalue weighted by molar-refractivity contribution is -0.137. The summed E-state index contributed by atoms with van der Waals surface area (Å²) in [5.41, 5.74) is 2.64. The molecule has 1 unspecified atom stereocenters. The predicted molar refractivity (Wildman–Crippen MR) is 138 cm³/mol. The van der Waals surface area contributed by atoms with Crippen LogP contribution in [0.1, 0.15) is 34.3 Å². The Balaban J connectivity index is 1.45. The van der Waals surface area contributed by atoms with E-state index in [0.29, 0.717) is 30.7 Å². The smallest absolute Gasteiger partial charge is 0.384 e. The van der Waals surface area contributed by atoms with Crippen LogP contribution in [-0.2, 0) is 17.3 Å².